The van der Waals surface area contributed by atoms with Crippen LogP contribution in [0.5, 0.6) is 0 Å². The first-order chi connectivity index (χ1) is 17.8. The van der Waals surface area contributed by atoms with Gasteiger partial charge in [0.05, 0.1) is 0 Å². The molecule has 0 saturated carbocycles. The molecule has 0 amide bonds. The molecular formula is C23H23F17. The van der Waals surface area contributed by atoms with Gasteiger partial charge in [0.1, 0.15) is 0 Å². The van der Waals surface area contributed by atoms with Crippen molar-refractivity contribution in [2.24, 2.45) is 5.92 Å². The van der Waals surface area contributed by atoms with Crippen molar-refractivity contribution in [1.29, 1.82) is 0 Å². The topological polar surface area (TPSA) is 0 Å². The second-order valence-corrected chi connectivity index (χ2v) is 9.26. The molecule has 1 aromatic carbocycles. The summed E-state index contributed by atoms with van der Waals surface area (Å²) in [6.45, 7) is 1.72. The normalized spacial score (nSPS) is 15.8. The highest BCUT2D eigenvalue weighted by Gasteiger charge is 2.95. The van der Waals surface area contributed by atoms with Crippen LogP contribution in [0.1, 0.15) is 51.0 Å². The third kappa shape index (κ3) is 6.26. The number of benzene rings is 1. The summed E-state index contributed by atoms with van der Waals surface area (Å²) in [4.78, 5) is 0. The second-order valence-electron chi connectivity index (χ2n) is 9.26. The Kier molecular flexibility index (Phi) is 10.6. The lowest BCUT2D eigenvalue weighted by molar-refractivity contribution is -0.462. The van der Waals surface area contributed by atoms with Gasteiger partial charge in [-0.15, -0.1) is 0 Å². The Bertz CT molecular complexity index is 934. The van der Waals surface area contributed by atoms with E-state index in [0.29, 0.717) is 19.3 Å². The summed E-state index contributed by atoms with van der Waals surface area (Å²) in [7, 11) is 0. The summed E-state index contributed by atoms with van der Waals surface area (Å²) in [5.41, 5.74) is 0.180. The van der Waals surface area contributed by atoms with Crippen LogP contribution in [0.2, 0.25) is 0 Å². The van der Waals surface area contributed by atoms with Crippen LogP contribution >= 0.6 is 0 Å². The van der Waals surface area contributed by atoms with E-state index in [0.717, 1.165) is 0 Å². The Morgan fingerprint density at radius 1 is 0.525 bits per heavy atom. The Morgan fingerprint density at radius 3 is 1.38 bits per heavy atom. The summed E-state index contributed by atoms with van der Waals surface area (Å²) in [6, 6.07) is 6.76. The minimum absolute atomic E-state index is 0.0381. The lowest BCUT2D eigenvalue weighted by Crippen LogP contribution is -2.74. The maximum atomic E-state index is 14.5. The zero-order valence-corrected chi connectivity index (χ0v) is 20.3. The molecule has 1 aromatic rings. The first-order valence-electron chi connectivity index (χ1n) is 11.5. The quantitative estimate of drug-likeness (QED) is 0.135. The molecule has 0 radical (unpaired) electrons. The molecular weight excluding hydrogens is 599 g/mol. The second kappa shape index (κ2) is 11.7. The first kappa shape index (κ1) is 36.1. The molecule has 1 unspecified atom stereocenters. The maximum absolute atomic E-state index is 14.5. The molecule has 1 atom stereocenters. The van der Waals surface area contributed by atoms with Gasteiger partial charge in [-0.2, -0.15) is 74.6 Å². The van der Waals surface area contributed by atoms with Gasteiger partial charge in [-0.25, -0.2) is 0 Å². The van der Waals surface area contributed by atoms with Crippen LogP contribution < -0.4 is 0 Å². The predicted octanol–water partition coefficient (Wildman–Crippen LogP) is 10.2. The number of unbranched alkanes of at least 4 members (excludes halogenated alkanes) is 3. The first-order valence-corrected chi connectivity index (χ1v) is 11.5. The average molecular weight is 622 g/mol. The van der Waals surface area contributed by atoms with E-state index in [-0.39, 0.29) is 12.0 Å². The van der Waals surface area contributed by atoms with E-state index in [2.05, 4.69) is 0 Å². The SMILES string of the molecule is CCCCCCC(Cc1ccccc1)CC(F)(F)C(F)(F)C(F)(F)C(F)(F)C(F)(F)C(F)(F)C(F)(F)C(F)(F)F. The summed E-state index contributed by atoms with van der Waals surface area (Å²) in [6.07, 6.45) is -9.59. The standard InChI is InChI=1S/C23H23F17/c1-2-3-4-6-11-15(12-14-9-7-5-8-10-14)13-16(24,25)17(26,27)18(28,29)19(30,31)20(32,33)21(34,35)22(36,37)23(38,39)40/h5,7-10,15H,2-4,6,11-13H2,1H3. The fourth-order valence-corrected chi connectivity index (χ4v) is 3.77. The molecule has 234 valence electrons. The van der Waals surface area contributed by atoms with Gasteiger partial charge >= 0.3 is 47.6 Å². The van der Waals surface area contributed by atoms with Crippen molar-refractivity contribution < 1.29 is 74.6 Å². The zero-order valence-electron chi connectivity index (χ0n) is 20.3. The summed E-state index contributed by atoms with van der Waals surface area (Å²) < 4.78 is 230. The highest BCUT2D eigenvalue weighted by Crippen LogP contribution is 2.64. The van der Waals surface area contributed by atoms with Crippen molar-refractivity contribution in [1.82, 2.24) is 0 Å². The van der Waals surface area contributed by atoms with Crippen molar-refractivity contribution in [3.63, 3.8) is 0 Å². The van der Waals surface area contributed by atoms with E-state index in [4.69, 9.17) is 0 Å². The fourth-order valence-electron chi connectivity index (χ4n) is 3.77. The summed E-state index contributed by atoms with van der Waals surface area (Å²) >= 11 is 0. The molecule has 0 bridgehead atoms. The van der Waals surface area contributed by atoms with E-state index in [1.807, 2.05) is 0 Å². The third-order valence-corrected chi connectivity index (χ3v) is 6.17. The van der Waals surface area contributed by atoms with Gasteiger partial charge in [-0.3, -0.25) is 0 Å². The molecule has 0 heterocycles. The number of hydrogen-bond donors (Lipinski definition) is 0. The number of halogens is 17. The maximum Gasteiger partial charge on any atom is 0.460 e. The Balaban J connectivity index is 3.48. The van der Waals surface area contributed by atoms with Crippen molar-refractivity contribution in [3.05, 3.63) is 35.9 Å². The molecule has 40 heavy (non-hydrogen) atoms. The minimum atomic E-state index is -8.61. The van der Waals surface area contributed by atoms with E-state index >= 15 is 0 Å². The van der Waals surface area contributed by atoms with Crippen LogP contribution in [0.4, 0.5) is 74.6 Å². The van der Waals surface area contributed by atoms with Crippen LogP contribution in [0.25, 0.3) is 0 Å². The number of alkyl halides is 17. The van der Waals surface area contributed by atoms with Crippen LogP contribution in [0.15, 0.2) is 30.3 Å². The highest BCUT2D eigenvalue weighted by atomic mass is 19.4. The zero-order chi connectivity index (χ0) is 31.6. The van der Waals surface area contributed by atoms with E-state index in [9.17, 15) is 74.6 Å². The molecule has 0 spiro atoms. The van der Waals surface area contributed by atoms with E-state index in [1.165, 1.54) is 30.3 Å². The molecule has 0 nitrogen and oxygen atoms in total. The van der Waals surface area contributed by atoms with Crippen molar-refractivity contribution in [2.75, 3.05) is 0 Å². The van der Waals surface area contributed by atoms with Gasteiger partial charge in [0.2, 0.25) is 0 Å². The molecule has 0 aliphatic heterocycles. The van der Waals surface area contributed by atoms with E-state index < -0.39 is 72.8 Å². The number of rotatable bonds is 15. The van der Waals surface area contributed by atoms with Crippen molar-refractivity contribution >= 4 is 0 Å². The smallest absolute Gasteiger partial charge is 0.200 e. The molecule has 0 fully saturated rings. The Hall–Kier alpha value is -1.97. The predicted molar refractivity (Wildman–Crippen MR) is 108 cm³/mol. The molecule has 0 saturated heterocycles. The molecule has 17 heteroatoms. The lowest BCUT2D eigenvalue weighted by Gasteiger charge is -2.43. The van der Waals surface area contributed by atoms with E-state index in [1.54, 1.807) is 6.92 Å². The van der Waals surface area contributed by atoms with Crippen LogP contribution in [0.3, 0.4) is 0 Å². The van der Waals surface area contributed by atoms with Crippen molar-refractivity contribution in [2.45, 2.75) is 99.5 Å². The lowest BCUT2D eigenvalue weighted by atomic mass is 9.83. The molecule has 1 rings (SSSR count). The van der Waals surface area contributed by atoms with Gasteiger partial charge in [-0.1, -0.05) is 62.9 Å². The summed E-state index contributed by atoms with van der Waals surface area (Å²) in [5.74, 6) is -57.7. The largest absolute Gasteiger partial charge is 0.460 e. The number of hydrogen-bond acceptors (Lipinski definition) is 0. The van der Waals surface area contributed by atoms with Gasteiger partial charge in [0.25, 0.3) is 0 Å². The summed E-state index contributed by atoms with van der Waals surface area (Å²) in [5, 5.41) is 0. The van der Waals surface area contributed by atoms with Gasteiger partial charge in [0.15, 0.2) is 0 Å². The Labute approximate surface area is 216 Å². The van der Waals surface area contributed by atoms with Gasteiger partial charge in [-0.05, 0) is 24.3 Å². The molecule has 0 aliphatic rings. The average Bonchev–Trinajstić information content (AvgIpc) is 2.80. The van der Waals surface area contributed by atoms with Crippen LogP contribution in [-0.4, -0.2) is 47.6 Å². The Morgan fingerprint density at radius 2 is 0.950 bits per heavy atom. The van der Waals surface area contributed by atoms with Crippen LogP contribution in [0, 0.1) is 5.92 Å². The minimum Gasteiger partial charge on any atom is -0.200 e. The highest BCUT2D eigenvalue weighted by molar-refractivity contribution is 5.17. The fraction of sp³-hybridized carbons (Fsp3) is 0.739. The van der Waals surface area contributed by atoms with Crippen LogP contribution in [-0.2, 0) is 6.42 Å². The van der Waals surface area contributed by atoms with Crippen molar-refractivity contribution in [3.8, 4) is 0 Å². The molecule has 0 aromatic heterocycles. The monoisotopic (exact) mass is 622 g/mol. The molecule has 0 N–H and O–H groups in total. The third-order valence-electron chi connectivity index (χ3n) is 6.17. The molecule has 0 aliphatic carbocycles. The van der Waals surface area contributed by atoms with Gasteiger partial charge in [0, 0.05) is 6.42 Å². The van der Waals surface area contributed by atoms with Gasteiger partial charge < -0.3 is 0 Å².